The summed E-state index contributed by atoms with van der Waals surface area (Å²) in [7, 11) is 2.12. The van der Waals surface area contributed by atoms with Gasteiger partial charge in [-0.3, -0.25) is 0 Å². The first kappa shape index (κ1) is 9.99. The zero-order chi connectivity index (χ0) is 11.0. The molecule has 4 nitrogen and oxygen atoms in total. The van der Waals surface area contributed by atoms with Crippen molar-refractivity contribution in [2.24, 2.45) is 0 Å². The van der Waals surface area contributed by atoms with Gasteiger partial charge in [-0.1, -0.05) is 0 Å². The zero-order valence-electron chi connectivity index (χ0n) is 9.18. The first-order valence-corrected chi connectivity index (χ1v) is 6.36. The van der Waals surface area contributed by atoms with Crippen molar-refractivity contribution in [3.8, 4) is 0 Å². The van der Waals surface area contributed by atoms with Gasteiger partial charge in [0, 0.05) is 19.6 Å². The first-order chi connectivity index (χ1) is 7.86. The third kappa shape index (κ3) is 1.56. The van der Waals surface area contributed by atoms with Crippen LogP contribution in [0.25, 0.3) is 10.2 Å². The van der Waals surface area contributed by atoms with Crippen LogP contribution in [0.2, 0.25) is 0 Å². The van der Waals surface area contributed by atoms with E-state index < -0.39 is 0 Å². The number of nitrogens with one attached hydrogen (secondary N) is 1. The minimum absolute atomic E-state index is 0.556. The van der Waals surface area contributed by atoms with Gasteiger partial charge in [0.15, 0.2) is 0 Å². The van der Waals surface area contributed by atoms with Gasteiger partial charge in [0.2, 0.25) is 0 Å². The maximum absolute atomic E-state index is 4.42. The van der Waals surface area contributed by atoms with Gasteiger partial charge in [-0.15, -0.1) is 11.3 Å². The molecule has 0 aliphatic carbocycles. The van der Waals surface area contributed by atoms with Crippen molar-refractivity contribution in [3.05, 3.63) is 17.8 Å². The number of nitrogens with zero attached hydrogens (tertiary/aromatic N) is 3. The molecule has 1 fully saturated rings. The van der Waals surface area contributed by atoms with E-state index in [0.717, 1.165) is 24.4 Å². The number of thiophene rings is 1. The second kappa shape index (κ2) is 3.99. The van der Waals surface area contributed by atoms with Gasteiger partial charge in [0.1, 0.15) is 12.1 Å². The molecule has 2 aromatic heterocycles. The van der Waals surface area contributed by atoms with E-state index in [9.17, 15) is 0 Å². The molecule has 1 N–H and O–H groups in total. The lowest BCUT2D eigenvalue weighted by molar-refractivity contribution is 0.680. The molecule has 1 saturated heterocycles. The van der Waals surface area contributed by atoms with E-state index in [-0.39, 0.29) is 0 Å². The van der Waals surface area contributed by atoms with Crippen molar-refractivity contribution in [2.75, 3.05) is 25.0 Å². The van der Waals surface area contributed by atoms with Gasteiger partial charge in [-0.05, 0) is 24.4 Å². The summed E-state index contributed by atoms with van der Waals surface area (Å²) in [6.07, 6.45) is 2.84. The fraction of sp³-hybridized carbons (Fsp3) is 0.455. The highest BCUT2D eigenvalue weighted by Gasteiger charge is 2.22. The summed E-state index contributed by atoms with van der Waals surface area (Å²) in [5.74, 6) is 1.06. The normalized spacial score (nSPS) is 20.4. The second-order valence-corrected chi connectivity index (χ2v) is 5.01. The van der Waals surface area contributed by atoms with Gasteiger partial charge < -0.3 is 10.2 Å². The van der Waals surface area contributed by atoms with Crippen molar-refractivity contribution in [3.63, 3.8) is 0 Å². The van der Waals surface area contributed by atoms with E-state index >= 15 is 0 Å². The zero-order valence-corrected chi connectivity index (χ0v) is 10.00. The van der Waals surface area contributed by atoms with E-state index in [4.69, 9.17) is 0 Å². The summed E-state index contributed by atoms with van der Waals surface area (Å²) < 4.78 is 1.19. The first-order valence-electron chi connectivity index (χ1n) is 5.48. The average Bonchev–Trinajstić information content (AvgIpc) is 2.98. The predicted molar refractivity (Wildman–Crippen MR) is 67.1 cm³/mol. The predicted octanol–water partition coefficient (Wildman–Crippen LogP) is 1.49. The molecule has 16 heavy (non-hydrogen) atoms. The highest BCUT2D eigenvalue weighted by atomic mass is 32.1. The summed E-state index contributed by atoms with van der Waals surface area (Å²) in [5.41, 5.74) is 1.05. The van der Waals surface area contributed by atoms with E-state index in [1.807, 2.05) is 6.07 Å². The summed E-state index contributed by atoms with van der Waals surface area (Å²) in [4.78, 5) is 11.0. The van der Waals surface area contributed by atoms with E-state index in [0.29, 0.717) is 6.04 Å². The maximum Gasteiger partial charge on any atom is 0.150 e. The molecule has 0 aromatic carbocycles. The van der Waals surface area contributed by atoms with Crippen molar-refractivity contribution < 1.29 is 0 Å². The number of likely N-dealkylation sites (N-methyl/N-ethyl adjacent to an activating group) is 1. The molecule has 5 heteroatoms. The standard InChI is InChI=1S/C11H14N4S/c1-15(8-2-4-12-6-8)11-10-9(3-5-16-10)13-7-14-11/h3,5,7-8,12H,2,4,6H2,1H3. The smallest absolute Gasteiger partial charge is 0.150 e. The molecule has 0 bridgehead atoms. The van der Waals surface area contributed by atoms with Gasteiger partial charge in [0.05, 0.1) is 10.2 Å². The van der Waals surface area contributed by atoms with E-state index in [1.54, 1.807) is 17.7 Å². The van der Waals surface area contributed by atoms with Crippen LogP contribution in [0, 0.1) is 0 Å². The SMILES string of the molecule is CN(c1ncnc2ccsc12)C1CCNC1. The highest BCUT2D eigenvalue weighted by Crippen LogP contribution is 2.28. The lowest BCUT2D eigenvalue weighted by Crippen LogP contribution is -2.33. The average molecular weight is 234 g/mol. The molecule has 1 aliphatic heterocycles. The molecule has 1 atom stereocenters. The van der Waals surface area contributed by atoms with Crippen LogP contribution in [0.5, 0.6) is 0 Å². The minimum Gasteiger partial charge on any atom is -0.354 e. The molecule has 1 unspecified atom stereocenters. The molecule has 3 rings (SSSR count). The van der Waals surface area contributed by atoms with Crippen molar-refractivity contribution in [2.45, 2.75) is 12.5 Å². The van der Waals surface area contributed by atoms with Gasteiger partial charge in [-0.2, -0.15) is 0 Å². The second-order valence-electron chi connectivity index (χ2n) is 4.09. The summed E-state index contributed by atoms with van der Waals surface area (Å²) in [6, 6.07) is 2.60. The van der Waals surface area contributed by atoms with Crippen LogP contribution in [0.1, 0.15) is 6.42 Å². The molecule has 1 aliphatic rings. The third-order valence-corrected chi connectivity index (χ3v) is 4.04. The molecule has 84 valence electrons. The number of anilines is 1. The van der Waals surface area contributed by atoms with Crippen LogP contribution in [0.15, 0.2) is 17.8 Å². The summed E-state index contributed by atoms with van der Waals surface area (Å²) >= 11 is 1.71. The Labute approximate surface area is 98.3 Å². The van der Waals surface area contributed by atoms with E-state index in [1.165, 1.54) is 11.1 Å². The fourth-order valence-electron chi connectivity index (χ4n) is 2.17. The lowest BCUT2D eigenvalue weighted by Gasteiger charge is -2.24. The number of hydrogen-bond donors (Lipinski definition) is 1. The third-order valence-electron chi connectivity index (χ3n) is 3.14. The Bertz CT molecular complexity index is 489. The van der Waals surface area contributed by atoms with Crippen LogP contribution in [-0.4, -0.2) is 36.1 Å². The molecular weight excluding hydrogens is 220 g/mol. The maximum atomic E-state index is 4.42. The van der Waals surface area contributed by atoms with Gasteiger partial charge in [0.25, 0.3) is 0 Å². The fourth-order valence-corrected chi connectivity index (χ4v) is 3.05. The molecule has 0 saturated carbocycles. The Morgan fingerprint density at radius 1 is 1.50 bits per heavy atom. The van der Waals surface area contributed by atoms with Crippen LogP contribution in [0.4, 0.5) is 5.82 Å². The molecule has 2 aromatic rings. The number of fused-ring (bicyclic) bond motifs is 1. The van der Waals surface area contributed by atoms with Crippen LogP contribution < -0.4 is 10.2 Å². The lowest BCUT2D eigenvalue weighted by atomic mass is 10.2. The van der Waals surface area contributed by atoms with Crippen molar-refractivity contribution in [1.82, 2.24) is 15.3 Å². The van der Waals surface area contributed by atoms with E-state index in [2.05, 4.69) is 32.6 Å². The molecule has 0 spiro atoms. The number of hydrogen-bond acceptors (Lipinski definition) is 5. The molecule has 0 amide bonds. The number of aromatic nitrogens is 2. The van der Waals surface area contributed by atoms with Crippen LogP contribution >= 0.6 is 11.3 Å². The van der Waals surface area contributed by atoms with Crippen LogP contribution in [-0.2, 0) is 0 Å². The Morgan fingerprint density at radius 3 is 3.25 bits per heavy atom. The molecule has 0 radical (unpaired) electrons. The highest BCUT2D eigenvalue weighted by molar-refractivity contribution is 7.17. The summed E-state index contributed by atoms with van der Waals surface area (Å²) in [6.45, 7) is 2.15. The Hall–Kier alpha value is -1.20. The number of rotatable bonds is 2. The topological polar surface area (TPSA) is 41.1 Å². The largest absolute Gasteiger partial charge is 0.354 e. The Morgan fingerprint density at radius 2 is 2.44 bits per heavy atom. The molecular formula is C11H14N4S. The van der Waals surface area contributed by atoms with Crippen molar-refractivity contribution in [1.29, 1.82) is 0 Å². The van der Waals surface area contributed by atoms with Gasteiger partial charge >= 0.3 is 0 Å². The Balaban J connectivity index is 2.00. The summed E-state index contributed by atoms with van der Waals surface area (Å²) in [5, 5.41) is 5.46. The Kier molecular flexibility index (Phi) is 2.49. The molecule has 3 heterocycles. The van der Waals surface area contributed by atoms with Crippen molar-refractivity contribution >= 4 is 27.4 Å². The minimum atomic E-state index is 0.556. The van der Waals surface area contributed by atoms with Crippen LogP contribution in [0.3, 0.4) is 0 Å². The quantitative estimate of drug-likeness (QED) is 0.854. The van der Waals surface area contributed by atoms with Gasteiger partial charge in [-0.25, -0.2) is 9.97 Å². The monoisotopic (exact) mass is 234 g/mol.